The van der Waals surface area contributed by atoms with Crippen molar-refractivity contribution in [2.24, 2.45) is 17.6 Å². The number of methoxy groups -OCH3 is 1. The maximum Gasteiger partial charge on any atom is 0.109 e. The number of halogens is 1. The number of hydrogen-bond acceptors (Lipinski definition) is 5. The Morgan fingerprint density at radius 3 is 2.82 bits per heavy atom. The van der Waals surface area contributed by atoms with Gasteiger partial charge in [-0.1, -0.05) is 0 Å². The molecule has 2 N–H and O–H groups in total. The molecule has 1 fully saturated rings. The molecule has 17 heavy (non-hydrogen) atoms. The Hall–Kier alpha value is 0.530. The van der Waals surface area contributed by atoms with E-state index in [2.05, 4.69) is 0 Å². The lowest BCUT2D eigenvalue weighted by atomic mass is 10.0. The van der Waals surface area contributed by atoms with Gasteiger partial charge < -0.3 is 23.0 Å². The molecule has 1 aliphatic rings. The van der Waals surface area contributed by atoms with Crippen LogP contribution in [0.5, 0.6) is 0 Å². The summed E-state index contributed by atoms with van der Waals surface area (Å²) in [6.45, 7) is 4.00. The second-order valence-electron chi connectivity index (χ2n) is 4.43. The van der Waals surface area contributed by atoms with Crippen LogP contribution in [-0.2, 0) is 17.3 Å². The highest BCUT2D eigenvalue weighted by atomic mass is 127. The van der Waals surface area contributed by atoms with Gasteiger partial charge >= 0.3 is 0 Å². The van der Waals surface area contributed by atoms with E-state index in [4.69, 9.17) is 23.0 Å². The Morgan fingerprint density at radius 2 is 2.18 bits per heavy atom. The molecular formula is C11H22INO4. The summed E-state index contributed by atoms with van der Waals surface area (Å²) in [6.07, 6.45) is 1.02. The average molecular weight is 359 g/mol. The Bertz CT molecular complexity index is 190. The summed E-state index contributed by atoms with van der Waals surface area (Å²) in [5, 5.41) is 0. The molecule has 0 aromatic heterocycles. The smallest absolute Gasteiger partial charge is 0.109 e. The fraction of sp³-hybridized carbons (Fsp3) is 1.00. The van der Waals surface area contributed by atoms with E-state index in [0.717, 1.165) is 6.42 Å². The van der Waals surface area contributed by atoms with E-state index in [0.29, 0.717) is 51.4 Å². The van der Waals surface area contributed by atoms with Crippen LogP contribution >= 0.6 is 23.0 Å². The molecule has 102 valence electrons. The van der Waals surface area contributed by atoms with E-state index in [1.165, 1.54) is 0 Å². The quantitative estimate of drug-likeness (QED) is 0.687. The van der Waals surface area contributed by atoms with Gasteiger partial charge in [0.05, 0.1) is 39.1 Å². The highest BCUT2D eigenvalue weighted by molar-refractivity contribution is 14.1. The van der Waals surface area contributed by atoms with Crippen molar-refractivity contribution in [2.75, 3.05) is 46.7 Å². The zero-order valence-corrected chi connectivity index (χ0v) is 12.4. The molecular weight excluding hydrogens is 337 g/mol. The van der Waals surface area contributed by atoms with Crippen LogP contribution in [0.4, 0.5) is 0 Å². The van der Waals surface area contributed by atoms with Crippen LogP contribution in [-0.4, -0.2) is 52.8 Å². The number of rotatable bonds is 7. The van der Waals surface area contributed by atoms with Crippen molar-refractivity contribution >= 4 is 23.0 Å². The van der Waals surface area contributed by atoms with Crippen molar-refractivity contribution in [1.82, 2.24) is 0 Å². The van der Waals surface area contributed by atoms with E-state index < -0.39 is 0 Å². The van der Waals surface area contributed by atoms with E-state index in [-0.39, 0.29) is 6.10 Å². The van der Waals surface area contributed by atoms with Crippen LogP contribution in [0.3, 0.4) is 0 Å². The maximum absolute atomic E-state index is 5.81. The molecule has 5 nitrogen and oxygen atoms in total. The van der Waals surface area contributed by atoms with Gasteiger partial charge in [-0.3, -0.25) is 0 Å². The zero-order chi connectivity index (χ0) is 12.5. The van der Waals surface area contributed by atoms with Gasteiger partial charge in [-0.25, -0.2) is 0 Å². The molecule has 6 heteroatoms. The molecule has 1 aliphatic heterocycles. The van der Waals surface area contributed by atoms with Gasteiger partial charge in [-0.2, -0.15) is 0 Å². The maximum atomic E-state index is 5.81. The highest BCUT2D eigenvalue weighted by Crippen LogP contribution is 2.16. The molecule has 0 bridgehead atoms. The summed E-state index contributed by atoms with van der Waals surface area (Å²) in [7, 11) is 1.70. The van der Waals surface area contributed by atoms with E-state index in [1.807, 2.05) is 23.0 Å². The number of hydrogen-bond donors (Lipinski definition) is 1. The Balaban J connectivity index is 2.32. The first-order valence-electron chi connectivity index (χ1n) is 5.92. The highest BCUT2D eigenvalue weighted by Gasteiger charge is 2.22. The Labute approximate surface area is 117 Å². The summed E-state index contributed by atoms with van der Waals surface area (Å²) in [5.74, 6) is 0.668. The molecule has 3 unspecified atom stereocenters. The van der Waals surface area contributed by atoms with Gasteiger partial charge in [0.15, 0.2) is 0 Å². The summed E-state index contributed by atoms with van der Waals surface area (Å²) in [6, 6.07) is 0. The summed E-state index contributed by atoms with van der Waals surface area (Å²) in [5.41, 5.74) is 5.61. The minimum absolute atomic E-state index is 0.123. The van der Waals surface area contributed by atoms with E-state index in [9.17, 15) is 0 Å². The number of ether oxygens (including phenoxy) is 3. The van der Waals surface area contributed by atoms with Gasteiger partial charge in [0.25, 0.3) is 0 Å². The third-order valence-electron chi connectivity index (χ3n) is 2.86. The van der Waals surface area contributed by atoms with Gasteiger partial charge in [0, 0.05) is 18.9 Å². The minimum atomic E-state index is 0.123. The molecule has 0 saturated carbocycles. The molecule has 1 heterocycles. The number of nitrogens with two attached hydrogens (primary N) is 1. The van der Waals surface area contributed by atoms with Gasteiger partial charge in [0.2, 0.25) is 0 Å². The molecule has 1 saturated heterocycles. The lowest BCUT2D eigenvalue weighted by Crippen LogP contribution is -2.26. The first-order chi connectivity index (χ1) is 8.30. The van der Waals surface area contributed by atoms with E-state index in [1.54, 1.807) is 7.11 Å². The SMILES string of the molecule is COCC(COI)CC1COCC(CN)CO1. The molecule has 0 spiro atoms. The molecule has 0 amide bonds. The van der Waals surface area contributed by atoms with E-state index >= 15 is 0 Å². The van der Waals surface area contributed by atoms with Crippen LogP contribution < -0.4 is 5.73 Å². The van der Waals surface area contributed by atoms with Crippen LogP contribution in [0.25, 0.3) is 0 Å². The lowest BCUT2D eigenvalue weighted by Gasteiger charge is -2.21. The second-order valence-corrected chi connectivity index (χ2v) is 5.05. The lowest BCUT2D eigenvalue weighted by molar-refractivity contribution is -0.00368. The topological polar surface area (TPSA) is 62.9 Å². The molecule has 0 aromatic rings. The Kier molecular flexibility index (Phi) is 8.67. The second kappa shape index (κ2) is 9.46. The monoisotopic (exact) mass is 359 g/mol. The molecule has 0 radical (unpaired) electrons. The van der Waals surface area contributed by atoms with Crippen LogP contribution in [0.1, 0.15) is 6.42 Å². The first kappa shape index (κ1) is 15.6. The predicted molar refractivity (Wildman–Crippen MR) is 73.1 cm³/mol. The van der Waals surface area contributed by atoms with Crippen molar-refractivity contribution in [1.29, 1.82) is 0 Å². The fourth-order valence-electron chi connectivity index (χ4n) is 1.89. The third kappa shape index (κ3) is 6.30. The molecule has 0 aliphatic carbocycles. The third-order valence-corrected chi connectivity index (χ3v) is 3.22. The van der Waals surface area contributed by atoms with Crippen molar-refractivity contribution < 1.29 is 17.3 Å². The van der Waals surface area contributed by atoms with Gasteiger partial charge in [0.1, 0.15) is 23.0 Å². The van der Waals surface area contributed by atoms with Crippen molar-refractivity contribution in [2.45, 2.75) is 12.5 Å². The average Bonchev–Trinajstić information content (AvgIpc) is 2.55. The summed E-state index contributed by atoms with van der Waals surface area (Å²) >= 11 is 1.91. The van der Waals surface area contributed by atoms with Crippen molar-refractivity contribution in [3.05, 3.63) is 0 Å². The minimum Gasteiger partial charge on any atom is -0.384 e. The molecule has 3 atom stereocenters. The standard InChI is InChI=1S/C11H22INO4/c1-14-4-9(7-17-12)2-11-8-15-5-10(3-13)6-16-11/h9-11H,2-8,13H2,1H3. The van der Waals surface area contributed by atoms with Gasteiger partial charge in [-0.05, 0) is 13.0 Å². The van der Waals surface area contributed by atoms with Crippen LogP contribution in [0.2, 0.25) is 0 Å². The fourth-order valence-corrected chi connectivity index (χ4v) is 2.40. The normalized spacial score (nSPS) is 27.7. The van der Waals surface area contributed by atoms with Crippen LogP contribution in [0.15, 0.2) is 0 Å². The van der Waals surface area contributed by atoms with Crippen molar-refractivity contribution in [3.63, 3.8) is 0 Å². The molecule has 1 rings (SSSR count). The molecule has 0 aromatic carbocycles. The summed E-state index contributed by atoms with van der Waals surface area (Å²) in [4.78, 5) is 0. The first-order valence-corrected chi connectivity index (χ1v) is 6.80. The Morgan fingerprint density at radius 1 is 1.35 bits per heavy atom. The largest absolute Gasteiger partial charge is 0.384 e. The zero-order valence-electron chi connectivity index (χ0n) is 10.3. The van der Waals surface area contributed by atoms with Gasteiger partial charge in [-0.15, -0.1) is 0 Å². The predicted octanol–water partition coefficient (Wildman–Crippen LogP) is 0.996. The van der Waals surface area contributed by atoms with Crippen molar-refractivity contribution in [3.8, 4) is 0 Å². The summed E-state index contributed by atoms with van der Waals surface area (Å²) < 4.78 is 21.7. The van der Waals surface area contributed by atoms with Crippen LogP contribution in [0, 0.1) is 11.8 Å².